The fourth-order valence-corrected chi connectivity index (χ4v) is 2.40. The molecule has 2 nitrogen and oxygen atoms in total. The van der Waals surface area contributed by atoms with Crippen LogP contribution in [0.15, 0.2) is 6.20 Å². The summed E-state index contributed by atoms with van der Waals surface area (Å²) in [5.41, 5.74) is 1.32. The highest BCUT2D eigenvalue weighted by atomic mass is 35.5. The summed E-state index contributed by atoms with van der Waals surface area (Å²) in [4.78, 5) is 7.73. The molecule has 14 heavy (non-hydrogen) atoms. The normalized spacial score (nSPS) is 18.6. The number of hydrogen-bond acceptors (Lipinski definition) is 1. The zero-order valence-electron chi connectivity index (χ0n) is 8.43. The molecule has 1 aromatic heterocycles. The second kappa shape index (κ2) is 4.83. The predicted molar refractivity (Wildman–Crippen MR) is 58.8 cm³/mol. The third kappa shape index (κ3) is 2.30. The smallest absolute Gasteiger partial charge is 0.107 e. The first-order valence-corrected chi connectivity index (χ1v) is 6.03. The van der Waals surface area contributed by atoms with Gasteiger partial charge >= 0.3 is 0 Å². The van der Waals surface area contributed by atoms with Gasteiger partial charge in [-0.25, -0.2) is 4.98 Å². The zero-order chi connectivity index (χ0) is 9.80. The average molecular weight is 213 g/mol. The van der Waals surface area contributed by atoms with Gasteiger partial charge in [0, 0.05) is 30.1 Å². The standard InChI is InChI=1S/C11H17ClN2/c12-7-6-11-13-8-10(14-11)9-4-2-1-3-5-9/h8-9H,1-7H2,(H,13,14). The molecule has 0 bridgehead atoms. The molecule has 1 saturated carbocycles. The summed E-state index contributed by atoms with van der Waals surface area (Å²) in [7, 11) is 0. The summed E-state index contributed by atoms with van der Waals surface area (Å²) in [6, 6.07) is 0. The Balaban J connectivity index is 2.00. The minimum Gasteiger partial charge on any atom is -0.346 e. The molecular weight excluding hydrogens is 196 g/mol. The number of alkyl halides is 1. The van der Waals surface area contributed by atoms with Crippen molar-refractivity contribution in [3.63, 3.8) is 0 Å². The largest absolute Gasteiger partial charge is 0.346 e. The van der Waals surface area contributed by atoms with Crippen LogP contribution in [0.2, 0.25) is 0 Å². The lowest BCUT2D eigenvalue weighted by molar-refractivity contribution is 0.437. The highest BCUT2D eigenvalue weighted by Crippen LogP contribution is 2.31. The quantitative estimate of drug-likeness (QED) is 0.766. The topological polar surface area (TPSA) is 28.7 Å². The summed E-state index contributed by atoms with van der Waals surface area (Å²) in [5.74, 6) is 2.42. The molecule has 78 valence electrons. The second-order valence-electron chi connectivity index (χ2n) is 4.06. The molecule has 2 rings (SSSR count). The van der Waals surface area contributed by atoms with Gasteiger partial charge in [-0.2, -0.15) is 0 Å². The number of aryl methyl sites for hydroxylation is 1. The molecule has 1 aromatic rings. The molecule has 0 amide bonds. The summed E-state index contributed by atoms with van der Waals surface area (Å²) in [6.45, 7) is 0. The van der Waals surface area contributed by atoms with Crippen LogP contribution in [0.3, 0.4) is 0 Å². The molecule has 0 unspecified atom stereocenters. The van der Waals surface area contributed by atoms with Gasteiger partial charge in [0.1, 0.15) is 5.82 Å². The fourth-order valence-electron chi connectivity index (χ4n) is 2.22. The van der Waals surface area contributed by atoms with E-state index in [9.17, 15) is 0 Å². The molecule has 3 heteroatoms. The van der Waals surface area contributed by atoms with Crippen LogP contribution < -0.4 is 0 Å². The van der Waals surface area contributed by atoms with Crippen molar-refractivity contribution in [2.24, 2.45) is 0 Å². The van der Waals surface area contributed by atoms with Gasteiger partial charge in [0.2, 0.25) is 0 Å². The van der Waals surface area contributed by atoms with Crippen LogP contribution >= 0.6 is 11.6 Å². The molecule has 1 N–H and O–H groups in total. The maximum absolute atomic E-state index is 5.67. The van der Waals surface area contributed by atoms with Crippen LogP contribution in [0.1, 0.15) is 49.5 Å². The number of nitrogens with one attached hydrogen (secondary N) is 1. The number of imidazole rings is 1. The maximum Gasteiger partial charge on any atom is 0.107 e. The molecule has 0 aliphatic heterocycles. The lowest BCUT2D eigenvalue weighted by atomic mass is 9.87. The Labute approximate surface area is 90.1 Å². The number of aromatic nitrogens is 2. The van der Waals surface area contributed by atoms with Crippen LogP contribution in [0.4, 0.5) is 0 Å². The van der Waals surface area contributed by atoms with Crippen molar-refractivity contribution >= 4 is 11.6 Å². The molecule has 0 aromatic carbocycles. The summed E-state index contributed by atoms with van der Waals surface area (Å²) in [5, 5.41) is 0. The van der Waals surface area contributed by atoms with Gasteiger partial charge < -0.3 is 4.98 Å². The Morgan fingerprint density at radius 2 is 2.14 bits per heavy atom. The third-order valence-electron chi connectivity index (χ3n) is 3.02. The maximum atomic E-state index is 5.67. The first kappa shape index (κ1) is 10.0. The molecular formula is C11H17ClN2. The van der Waals surface area contributed by atoms with Crippen LogP contribution in [0.25, 0.3) is 0 Å². The second-order valence-corrected chi connectivity index (χ2v) is 4.44. The third-order valence-corrected chi connectivity index (χ3v) is 3.21. The Hall–Kier alpha value is -0.500. The molecule has 1 aliphatic carbocycles. The van der Waals surface area contributed by atoms with Crippen molar-refractivity contribution in [2.75, 3.05) is 5.88 Å². The zero-order valence-corrected chi connectivity index (χ0v) is 9.19. The number of nitrogens with zero attached hydrogens (tertiary/aromatic N) is 1. The Kier molecular flexibility index (Phi) is 3.46. The molecule has 1 heterocycles. The molecule has 1 aliphatic rings. The molecule has 0 spiro atoms. The van der Waals surface area contributed by atoms with E-state index in [1.54, 1.807) is 0 Å². The number of aromatic amines is 1. The first-order chi connectivity index (χ1) is 6.90. The monoisotopic (exact) mass is 212 g/mol. The Bertz CT molecular complexity index is 277. The van der Waals surface area contributed by atoms with Crippen LogP contribution in [0, 0.1) is 0 Å². The van der Waals surface area contributed by atoms with E-state index in [1.807, 2.05) is 6.20 Å². The van der Waals surface area contributed by atoms with E-state index < -0.39 is 0 Å². The van der Waals surface area contributed by atoms with Crippen molar-refractivity contribution < 1.29 is 0 Å². The van der Waals surface area contributed by atoms with Gasteiger partial charge in [-0.1, -0.05) is 19.3 Å². The SMILES string of the molecule is ClCCc1ncc(C2CCCCC2)[nH]1. The Morgan fingerprint density at radius 3 is 2.86 bits per heavy atom. The van der Waals surface area contributed by atoms with Crippen molar-refractivity contribution in [1.82, 2.24) is 9.97 Å². The summed E-state index contributed by atoms with van der Waals surface area (Å²) < 4.78 is 0. The highest BCUT2D eigenvalue weighted by Gasteiger charge is 2.17. The van der Waals surface area contributed by atoms with Crippen LogP contribution in [-0.2, 0) is 6.42 Å². The number of rotatable bonds is 3. The number of halogens is 1. The van der Waals surface area contributed by atoms with Gasteiger partial charge in [0.25, 0.3) is 0 Å². The molecule has 1 fully saturated rings. The molecule has 0 radical (unpaired) electrons. The van der Waals surface area contributed by atoms with Gasteiger partial charge in [-0.05, 0) is 12.8 Å². The van der Waals surface area contributed by atoms with E-state index in [4.69, 9.17) is 11.6 Å². The lowest BCUT2D eigenvalue weighted by Crippen LogP contribution is -2.04. The van der Waals surface area contributed by atoms with E-state index in [0.29, 0.717) is 5.88 Å². The minimum atomic E-state index is 0.650. The predicted octanol–water partition coefficient (Wildman–Crippen LogP) is 3.24. The summed E-state index contributed by atoms with van der Waals surface area (Å²) >= 11 is 5.67. The van der Waals surface area contributed by atoms with E-state index >= 15 is 0 Å². The van der Waals surface area contributed by atoms with Crippen molar-refractivity contribution in [3.8, 4) is 0 Å². The van der Waals surface area contributed by atoms with Gasteiger partial charge in [0.05, 0.1) is 0 Å². The average Bonchev–Trinajstić information content (AvgIpc) is 2.68. The van der Waals surface area contributed by atoms with Gasteiger partial charge in [-0.3, -0.25) is 0 Å². The molecule has 0 atom stereocenters. The highest BCUT2D eigenvalue weighted by molar-refractivity contribution is 6.17. The van der Waals surface area contributed by atoms with E-state index in [2.05, 4.69) is 9.97 Å². The number of hydrogen-bond donors (Lipinski definition) is 1. The van der Waals surface area contributed by atoms with Crippen LogP contribution in [0.5, 0.6) is 0 Å². The fraction of sp³-hybridized carbons (Fsp3) is 0.727. The lowest BCUT2D eigenvalue weighted by Gasteiger charge is -2.19. The van der Waals surface area contributed by atoms with E-state index in [1.165, 1.54) is 37.8 Å². The Morgan fingerprint density at radius 1 is 1.36 bits per heavy atom. The van der Waals surface area contributed by atoms with Crippen molar-refractivity contribution in [2.45, 2.75) is 44.4 Å². The molecule has 0 saturated heterocycles. The minimum absolute atomic E-state index is 0.650. The van der Waals surface area contributed by atoms with Gasteiger partial charge in [0.15, 0.2) is 0 Å². The van der Waals surface area contributed by atoms with E-state index in [-0.39, 0.29) is 0 Å². The van der Waals surface area contributed by atoms with Crippen molar-refractivity contribution in [1.29, 1.82) is 0 Å². The summed E-state index contributed by atoms with van der Waals surface area (Å²) in [6.07, 6.45) is 9.64. The van der Waals surface area contributed by atoms with Crippen molar-refractivity contribution in [3.05, 3.63) is 17.7 Å². The van der Waals surface area contributed by atoms with Crippen LogP contribution in [-0.4, -0.2) is 15.8 Å². The van der Waals surface area contributed by atoms with Gasteiger partial charge in [-0.15, -0.1) is 11.6 Å². The first-order valence-electron chi connectivity index (χ1n) is 5.50. The van der Waals surface area contributed by atoms with E-state index in [0.717, 1.165) is 18.2 Å². The number of H-pyrrole nitrogens is 1.